The molecule has 1 aromatic heterocycles. The fraction of sp³-hybridized carbons (Fsp3) is 0.562. The Morgan fingerprint density at radius 2 is 2.38 bits per heavy atom. The number of ether oxygens (including phenoxy) is 2. The van der Waals surface area contributed by atoms with Crippen LogP contribution in [-0.2, 0) is 14.3 Å². The van der Waals surface area contributed by atoms with E-state index in [4.69, 9.17) is 23.0 Å². The standard InChI is InChI=1S/C16H20FN3O6/c1-4-9-6-20(15(24)19-12(9)22)13-10(21)5-16(17,26-13)7-25-14(23)11(18)8(2)3/h1,6,8,10-11,13,21H,5,7,18H2,2-3H3,(H,19,22,24)/t10-,11+,13-,16+/m1/s1/i13D. The van der Waals surface area contributed by atoms with Crippen LogP contribution < -0.4 is 17.0 Å². The quantitative estimate of drug-likeness (QED) is 0.446. The van der Waals surface area contributed by atoms with Crippen molar-refractivity contribution in [3.8, 4) is 12.3 Å². The maximum Gasteiger partial charge on any atom is 0.330 e. The molecule has 4 atom stereocenters. The van der Waals surface area contributed by atoms with Crippen LogP contribution in [0.4, 0.5) is 4.39 Å². The second kappa shape index (κ2) is 7.41. The molecule has 0 unspecified atom stereocenters. The van der Waals surface area contributed by atoms with E-state index in [0.717, 1.165) is 6.20 Å². The number of carbonyl (C=O) groups is 1. The number of esters is 1. The van der Waals surface area contributed by atoms with Crippen molar-refractivity contribution in [1.82, 2.24) is 9.55 Å². The number of H-pyrrole nitrogens is 1. The zero-order valence-corrected chi connectivity index (χ0v) is 14.2. The van der Waals surface area contributed by atoms with E-state index >= 15 is 0 Å². The molecule has 0 aromatic carbocycles. The largest absolute Gasteiger partial charge is 0.458 e. The normalized spacial score (nSPS) is 29.9. The van der Waals surface area contributed by atoms with Gasteiger partial charge in [-0.3, -0.25) is 19.1 Å². The summed E-state index contributed by atoms with van der Waals surface area (Å²) in [6.45, 7) is 2.41. The average Bonchev–Trinajstić information content (AvgIpc) is 2.82. The van der Waals surface area contributed by atoms with Crippen LogP contribution in [0.15, 0.2) is 15.8 Å². The van der Waals surface area contributed by atoms with Crippen LogP contribution in [0.2, 0.25) is 0 Å². The second-order valence-electron chi connectivity index (χ2n) is 6.24. The first-order valence-corrected chi connectivity index (χ1v) is 7.76. The van der Waals surface area contributed by atoms with Crippen LogP contribution in [0.25, 0.3) is 0 Å². The van der Waals surface area contributed by atoms with Crippen molar-refractivity contribution in [3.05, 3.63) is 32.6 Å². The van der Waals surface area contributed by atoms with Gasteiger partial charge in [-0.1, -0.05) is 19.8 Å². The minimum Gasteiger partial charge on any atom is -0.458 e. The highest BCUT2D eigenvalue weighted by atomic mass is 19.2. The second-order valence-corrected chi connectivity index (χ2v) is 6.24. The number of nitrogens with zero attached hydrogens (tertiary/aromatic N) is 1. The SMILES string of the molecule is [2H][C@@]1(n2cc(C#C)c(=O)[nH]c2=O)O[C@](F)(COC(=O)[C@@H](N)C(C)C)C[C@H]1O. The first-order valence-electron chi connectivity index (χ1n) is 8.26. The Kier molecular flexibility index (Phi) is 5.22. The molecule has 1 fully saturated rings. The molecule has 1 aromatic rings. The third-order valence-electron chi connectivity index (χ3n) is 3.83. The number of aliphatic hydroxyl groups excluding tert-OH is 1. The van der Waals surface area contributed by atoms with Gasteiger partial charge in [0, 0.05) is 12.6 Å². The molecule has 10 heteroatoms. The predicted molar refractivity (Wildman–Crippen MR) is 87.6 cm³/mol. The molecule has 2 rings (SSSR count). The van der Waals surface area contributed by atoms with Gasteiger partial charge in [0.15, 0.2) is 12.8 Å². The highest BCUT2D eigenvalue weighted by Gasteiger charge is 2.49. The molecule has 1 saturated heterocycles. The highest BCUT2D eigenvalue weighted by Crippen LogP contribution is 2.37. The summed E-state index contributed by atoms with van der Waals surface area (Å²) < 4.78 is 33.3. The lowest BCUT2D eigenvalue weighted by Crippen LogP contribution is -2.40. The van der Waals surface area contributed by atoms with Gasteiger partial charge in [-0.2, -0.15) is 0 Å². The van der Waals surface area contributed by atoms with Crippen molar-refractivity contribution >= 4 is 5.97 Å². The lowest BCUT2D eigenvalue weighted by molar-refractivity contribution is -0.196. The van der Waals surface area contributed by atoms with E-state index in [1.54, 1.807) is 13.8 Å². The minimum atomic E-state index is -2.75. The van der Waals surface area contributed by atoms with E-state index in [0.29, 0.717) is 4.57 Å². The molecule has 0 radical (unpaired) electrons. The summed E-state index contributed by atoms with van der Waals surface area (Å²) in [7, 11) is 0. The first kappa shape index (κ1) is 18.3. The van der Waals surface area contributed by atoms with Crippen LogP contribution in [0.1, 0.15) is 33.4 Å². The third kappa shape index (κ3) is 4.01. The molecule has 26 heavy (non-hydrogen) atoms. The summed E-state index contributed by atoms with van der Waals surface area (Å²) in [5.74, 6) is -1.88. The van der Waals surface area contributed by atoms with E-state index in [2.05, 4.69) is 0 Å². The number of hydrogen-bond acceptors (Lipinski definition) is 7. The molecule has 9 nitrogen and oxygen atoms in total. The number of carbonyl (C=O) groups excluding carboxylic acids is 1. The molecule has 1 aliphatic rings. The molecule has 0 amide bonds. The number of nitrogens with two attached hydrogens (primary N) is 1. The number of aromatic nitrogens is 2. The van der Waals surface area contributed by atoms with Crippen molar-refractivity contribution in [1.29, 1.82) is 0 Å². The van der Waals surface area contributed by atoms with Crippen LogP contribution in [0, 0.1) is 18.3 Å². The summed E-state index contributed by atoms with van der Waals surface area (Å²) >= 11 is 0. The molecule has 0 saturated carbocycles. The van der Waals surface area contributed by atoms with Crippen molar-refractivity contribution in [2.45, 2.75) is 44.5 Å². The van der Waals surface area contributed by atoms with Crippen LogP contribution in [0.3, 0.4) is 0 Å². The monoisotopic (exact) mass is 370 g/mol. The first-order chi connectivity index (χ1) is 12.4. The fourth-order valence-corrected chi connectivity index (χ4v) is 2.26. The molecule has 1 aliphatic heterocycles. The Hall–Kier alpha value is -2.48. The maximum absolute atomic E-state index is 14.9. The Labute approximate surface area is 149 Å². The van der Waals surface area contributed by atoms with Gasteiger partial charge in [-0.25, -0.2) is 9.18 Å². The maximum atomic E-state index is 14.9. The molecule has 4 N–H and O–H groups in total. The summed E-state index contributed by atoms with van der Waals surface area (Å²) in [6, 6.07) is -0.985. The Bertz CT molecular complexity index is 893. The van der Waals surface area contributed by atoms with Crippen molar-refractivity contribution in [2.24, 2.45) is 11.7 Å². The summed E-state index contributed by atoms with van der Waals surface area (Å²) in [5, 5.41) is 10.1. The van der Waals surface area contributed by atoms with Gasteiger partial charge >= 0.3 is 11.7 Å². The van der Waals surface area contributed by atoms with E-state index < -0.39 is 54.5 Å². The smallest absolute Gasteiger partial charge is 0.330 e. The van der Waals surface area contributed by atoms with Gasteiger partial charge in [0.1, 0.15) is 17.7 Å². The van der Waals surface area contributed by atoms with Crippen molar-refractivity contribution in [2.75, 3.05) is 6.61 Å². The van der Waals surface area contributed by atoms with Gasteiger partial charge in [0.25, 0.3) is 5.56 Å². The average molecular weight is 370 g/mol. The highest BCUT2D eigenvalue weighted by molar-refractivity contribution is 5.75. The third-order valence-corrected chi connectivity index (χ3v) is 3.83. The Morgan fingerprint density at radius 1 is 1.73 bits per heavy atom. The van der Waals surface area contributed by atoms with Gasteiger partial charge in [0.05, 0.1) is 1.37 Å². The van der Waals surface area contributed by atoms with Gasteiger partial charge in [-0.15, -0.1) is 6.42 Å². The Morgan fingerprint density at radius 3 is 2.96 bits per heavy atom. The summed E-state index contributed by atoms with van der Waals surface area (Å²) in [6.07, 6.45) is 0.727. The number of nitrogens with one attached hydrogen (secondary N) is 1. The zero-order valence-electron chi connectivity index (χ0n) is 15.2. The minimum absolute atomic E-state index is 0.250. The molecular weight excluding hydrogens is 349 g/mol. The van der Waals surface area contributed by atoms with E-state index in [1.807, 2.05) is 10.9 Å². The molecule has 2 heterocycles. The predicted octanol–water partition coefficient (Wildman–Crippen LogP) is -1.01. The number of terminal acetylenes is 1. The van der Waals surface area contributed by atoms with Gasteiger partial charge < -0.3 is 20.3 Å². The Balaban J connectivity index is 2.27. The van der Waals surface area contributed by atoms with Crippen molar-refractivity contribution in [3.63, 3.8) is 0 Å². The number of halogens is 1. The zero-order chi connectivity index (χ0) is 20.6. The van der Waals surface area contributed by atoms with E-state index in [-0.39, 0.29) is 11.5 Å². The number of hydrogen-bond donors (Lipinski definition) is 3. The lowest BCUT2D eigenvalue weighted by Gasteiger charge is -2.22. The summed E-state index contributed by atoms with van der Waals surface area (Å²) in [5.41, 5.74) is 3.28. The van der Waals surface area contributed by atoms with E-state index in [9.17, 15) is 23.9 Å². The molecular formula is C16H20FN3O6. The lowest BCUT2D eigenvalue weighted by atomic mass is 10.1. The van der Waals surface area contributed by atoms with Crippen LogP contribution in [-0.4, -0.2) is 45.2 Å². The fourth-order valence-electron chi connectivity index (χ4n) is 2.26. The molecule has 0 aliphatic carbocycles. The molecule has 0 bridgehead atoms. The van der Waals surface area contributed by atoms with Gasteiger partial charge in [0.2, 0.25) is 5.85 Å². The summed E-state index contributed by atoms with van der Waals surface area (Å²) in [4.78, 5) is 37.2. The number of alkyl halides is 1. The number of aliphatic hydroxyl groups is 1. The molecule has 0 spiro atoms. The van der Waals surface area contributed by atoms with Crippen molar-refractivity contribution < 1.29 is 25.1 Å². The number of rotatable bonds is 5. The van der Waals surface area contributed by atoms with Crippen LogP contribution in [0.5, 0.6) is 0 Å². The topological polar surface area (TPSA) is 137 Å². The van der Waals surface area contributed by atoms with E-state index in [1.165, 1.54) is 0 Å². The van der Waals surface area contributed by atoms with Crippen LogP contribution >= 0.6 is 0 Å². The van der Waals surface area contributed by atoms with Gasteiger partial charge in [-0.05, 0) is 5.92 Å². The number of aromatic amines is 1. The molecule has 142 valence electrons.